The van der Waals surface area contributed by atoms with Gasteiger partial charge < -0.3 is 0 Å². The van der Waals surface area contributed by atoms with Crippen molar-refractivity contribution in [3.63, 3.8) is 0 Å². The Labute approximate surface area is 110 Å². The number of benzene rings is 2. The maximum atomic E-state index is 3.24. The summed E-state index contributed by atoms with van der Waals surface area (Å²) in [5.74, 6) is 6.43. The number of hydrogen-bond donors (Lipinski definition) is 0. The van der Waals surface area contributed by atoms with Gasteiger partial charge in [0, 0.05) is 12.0 Å². The molecule has 0 amide bonds. The molecule has 0 aliphatic rings. The highest BCUT2D eigenvalue weighted by molar-refractivity contribution is 5.33. The van der Waals surface area contributed by atoms with E-state index in [0.29, 0.717) is 0 Å². The molecule has 0 fully saturated rings. The van der Waals surface area contributed by atoms with E-state index in [1.807, 2.05) is 30.3 Å². The Bertz CT molecular complexity index is 541. The average molecular weight is 234 g/mol. The van der Waals surface area contributed by atoms with Crippen LogP contribution in [0.5, 0.6) is 0 Å². The summed E-state index contributed by atoms with van der Waals surface area (Å²) in [5.41, 5.74) is 3.85. The second-order valence-electron chi connectivity index (χ2n) is 4.51. The predicted octanol–water partition coefficient (Wildman–Crippen LogP) is 4.37. The molecule has 0 aliphatic carbocycles. The molecule has 0 saturated heterocycles. The van der Waals surface area contributed by atoms with Crippen molar-refractivity contribution in [1.29, 1.82) is 0 Å². The van der Waals surface area contributed by atoms with Crippen molar-refractivity contribution in [3.05, 3.63) is 71.3 Å². The maximum absolute atomic E-state index is 3.24. The first-order valence-corrected chi connectivity index (χ1v) is 6.44. The zero-order valence-electron chi connectivity index (χ0n) is 10.8. The molecule has 0 bridgehead atoms. The van der Waals surface area contributed by atoms with E-state index >= 15 is 0 Å². The molecular formula is C18H18. The topological polar surface area (TPSA) is 0 Å². The van der Waals surface area contributed by atoms with Crippen LogP contribution in [0.4, 0.5) is 0 Å². The van der Waals surface area contributed by atoms with Crippen LogP contribution in [0.25, 0.3) is 0 Å². The number of hydrogen-bond acceptors (Lipinski definition) is 0. The van der Waals surface area contributed by atoms with E-state index in [-0.39, 0.29) is 0 Å². The first-order valence-electron chi connectivity index (χ1n) is 6.44. The van der Waals surface area contributed by atoms with Gasteiger partial charge in [-0.05, 0) is 37.5 Å². The molecule has 0 heteroatoms. The van der Waals surface area contributed by atoms with E-state index in [2.05, 4.69) is 43.0 Å². The third-order valence-electron chi connectivity index (χ3n) is 2.86. The van der Waals surface area contributed by atoms with Gasteiger partial charge in [-0.2, -0.15) is 0 Å². The second-order valence-corrected chi connectivity index (χ2v) is 4.51. The highest BCUT2D eigenvalue weighted by atomic mass is 14.0. The number of unbranched alkanes of at least 4 members (excludes halogenated alkanes) is 1. The molecule has 0 aromatic heterocycles. The van der Waals surface area contributed by atoms with Gasteiger partial charge >= 0.3 is 0 Å². The Balaban J connectivity index is 1.78. The van der Waals surface area contributed by atoms with Crippen LogP contribution in [0.15, 0.2) is 54.6 Å². The lowest BCUT2D eigenvalue weighted by atomic mass is 10.1. The fourth-order valence-electron chi connectivity index (χ4n) is 1.93. The number of aryl methyl sites for hydroxylation is 2. The van der Waals surface area contributed by atoms with Crippen LogP contribution in [0.2, 0.25) is 0 Å². The van der Waals surface area contributed by atoms with Crippen LogP contribution in [0, 0.1) is 18.8 Å². The van der Waals surface area contributed by atoms with Crippen LogP contribution in [-0.2, 0) is 6.42 Å². The smallest absolute Gasteiger partial charge is 0.0245 e. The van der Waals surface area contributed by atoms with Gasteiger partial charge in [-0.25, -0.2) is 0 Å². The van der Waals surface area contributed by atoms with E-state index < -0.39 is 0 Å². The molecule has 0 atom stereocenters. The molecule has 0 unspecified atom stereocenters. The maximum Gasteiger partial charge on any atom is 0.0245 e. The molecule has 0 saturated carbocycles. The van der Waals surface area contributed by atoms with Crippen molar-refractivity contribution in [2.24, 2.45) is 0 Å². The molecule has 0 radical (unpaired) electrons. The minimum absolute atomic E-state index is 0.961. The zero-order chi connectivity index (χ0) is 12.6. The molecule has 2 rings (SSSR count). The van der Waals surface area contributed by atoms with Gasteiger partial charge in [-0.1, -0.05) is 59.9 Å². The standard InChI is InChI=1S/C18H18/c1-16-9-8-14-18(15-16)13-7-3-6-12-17-10-4-2-5-11-17/h2,4-5,8-11,14-15H,3,7,13H2,1H3. The lowest BCUT2D eigenvalue weighted by molar-refractivity contribution is 0.857. The Morgan fingerprint density at radius 1 is 0.944 bits per heavy atom. The number of rotatable bonds is 3. The van der Waals surface area contributed by atoms with Gasteiger partial charge in [0.25, 0.3) is 0 Å². The lowest BCUT2D eigenvalue weighted by Gasteiger charge is -1.99. The fourth-order valence-corrected chi connectivity index (χ4v) is 1.93. The normalized spacial score (nSPS) is 9.61. The highest BCUT2D eigenvalue weighted by Crippen LogP contribution is 2.07. The summed E-state index contributed by atoms with van der Waals surface area (Å²) in [6.45, 7) is 2.14. The first kappa shape index (κ1) is 12.5. The quantitative estimate of drug-likeness (QED) is 0.546. The highest BCUT2D eigenvalue weighted by Gasteiger charge is 1.92. The van der Waals surface area contributed by atoms with Crippen molar-refractivity contribution in [1.82, 2.24) is 0 Å². The van der Waals surface area contributed by atoms with Crippen LogP contribution in [0.1, 0.15) is 29.5 Å². The molecule has 0 aliphatic heterocycles. The van der Waals surface area contributed by atoms with E-state index in [0.717, 1.165) is 24.8 Å². The fraction of sp³-hybridized carbons (Fsp3) is 0.222. The van der Waals surface area contributed by atoms with Crippen LogP contribution in [-0.4, -0.2) is 0 Å². The third-order valence-corrected chi connectivity index (χ3v) is 2.86. The third kappa shape index (κ3) is 4.11. The first-order chi connectivity index (χ1) is 8.84. The minimum Gasteiger partial charge on any atom is -0.0979 e. The second kappa shape index (κ2) is 6.67. The molecule has 2 aromatic rings. The lowest BCUT2D eigenvalue weighted by Crippen LogP contribution is -1.85. The summed E-state index contributed by atoms with van der Waals surface area (Å²) < 4.78 is 0. The summed E-state index contributed by atoms with van der Waals surface area (Å²) in [5, 5.41) is 0. The molecular weight excluding hydrogens is 216 g/mol. The van der Waals surface area contributed by atoms with Crippen molar-refractivity contribution < 1.29 is 0 Å². The molecule has 18 heavy (non-hydrogen) atoms. The molecule has 0 spiro atoms. The van der Waals surface area contributed by atoms with Gasteiger partial charge in [0.2, 0.25) is 0 Å². The molecule has 0 heterocycles. The van der Waals surface area contributed by atoms with Crippen molar-refractivity contribution >= 4 is 0 Å². The van der Waals surface area contributed by atoms with E-state index in [1.54, 1.807) is 0 Å². The van der Waals surface area contributed by atoms with Gasteiger partial charge in [0.05, 0.1) is 0 Å². The van der Waals surface area contributed by atoms with Gasteiger partial charge in [0.15, 0.2) is 0 Å². The van der Waals surface area contributed by atoms with Crippen molar-refractivity contribution in [2.45, 2.75) is 26.2 Å². The predicted molar refractivity (Wildman–Crippen MR) is 77.4 cm³/mol. The molecule has 2 aromatic carbocycles. The van der Waals surface area contributed by atoms with E-state index in [9.17, 15) is 0 Å². The Hall–Kier alpha value is -2.00. The largest absolute Gasteiger partial charge is 0.0979 e. The van der Waals surface area contributed by atoms with Crippen molar-refractivity contribution in [2.75, 3.05) is 0 Å². The summed E-state index contributed by atoms with van der Waals surface area (Å²) in [7, 11) is 0. The Kier molecular flexibility index (Phi) is 4.61. The summed E-state index contributed by atoms with van der Waals surface area (Å²) >= 11 is 0. The summed E-state index contributed by atoms with van der Waals surface area (Å²) in [4.78, 5) is 0. The van der Waals surface area contributed by atoms with E-state index in [4.69, 9.17) is 0 Å². The molecule has 0 N–H and O–H groups in total. The van der Waals surface area contributed by atoms with Gasteiger partial charge in [0.1, 0.15) is 0 Å². The van der Waals surface area contributed by atoms with Crippen molar-refractivity contribution in [3.8, 4) is 11.8 Å². The van der Waals surface area contributed by atoms with Crippen LogP contribution in [0.3, 0.4) is 0 Å². The van der Waals surface area contributed by atoms with Gasteiger partial charge in [-0.3, -0.25) is 0 Å². The molecule has 90 valence electrons. The summed E-state index contributed by atoms with van der Waals surface area (Å²) in [6.07, 6.45) is 3.21. The molecule has 0 nitrogen and oxygen atoms in total. The van der Waals surface area contributed by atoms with Gasteiger partial charge in [-0.15, -0.1) is 0 Å². The zero-order valence-corrected chi connectivity index (χ0v) is 10.8. The van der Waals surface area contributed by atoms with Crippen LogP contribution >= 0.6 is 0 Å². The summed E-state index contributed by atoms with van der Waals surface area (Å²) in [6, 6.07) is 18.9. The Morgan fingerprint density at radius 3 is 2.56 bits per heavy atom. The Morgan fingerprint density at radius 2 is 1.78 bits per heavy atom. The van der Waals surface area contributed by atoms with Crippen LogP contribution < -0.4 is 0 Å². The SMILES string of the molecule is Cc1cccc(CCCC#Cc2ccccc2)c1. The average Bonchev–Trinajstić information content (AvgIpc) is 2.40. The monoisotopic (exact) mass is 234 g/mol. The minimum atomic E-state index is 0.961. The van der Waals surface area contributed by atoms with E-state index in [1.165, 1.54) is 11.1 Å².